The van der Waals surface area contributed by atoms with Crippen molar-refractivity contribution in [2.24, 2.45) is 0 Å². The number of nitrogens with zero attached hydrogens (tertiary/aromatic N) is 2. The van der Waals surface area contributed by atoms with E-state index >= 15 is 0 Å². The number of carbonyl (C=O) groups is 2. The van der Waals surface area contributed by atoms with Crippen LogP contribution in [0.2, 0.25) is 0 Å². The lowest BCUT2D eigenvalue weighted by atomic mass is 10.1. The fourth-order valence-corrected chi connectivity index (χ4v) is 2.94. The number of rotatable bonds is 6. The van der Waals surface area contributed by atoms with E-state index in [2.05, 4.69) is 15.7 Å². The third-order valence-corrected chi connectivity index (χ3v) is 4.67. The Balaban J connectivity index is 1.95. The van der Waals surface area contributed by atoms with Crippen LogP contribution in [0.3, 0.4) is 0 Å². The van der Waals surface area contributed by atoms with Crippen LogP contribution in [0.4, 0.5) is 15.8 Å². The summed E-state index contributed by atoms with van der Waals surface area (Å²) >= 11 is 0. The van der Waals surface area contributed by atoms with Crippen molar-refractivity contribution in [3.8, 4) is 11.3 Å². The maximum atomic E-state index is 13.3. The van der Waals surface area contributed by atoms with Crippen LogP contribution in [-0.4, -0.2) is 21.6 Å². The highest BCUT2D eigenvalue weighted by molar-refractivity contribution is 5.92. The van der Waals surface area contributed by atoms with Gasteiger partial charge in [0.25, 0.3) is 5.56 Å². The molecular weight excluding hydrogens is 399 g/mol. The Bertz CT molecular complexity index is 1190. The first kappa shape index (κ1) is 21.9. The Morgan fingerprint density at radius 3 is 2.29 bits per heavy atom. The quantitative estimate of drug-likeness (QED) is 0.634. The number of anilines is 2. The number of benzene rings is 2. The topological polar surface area (TPSA) is 93.1 Å². The second-order valence-electron chi connectivity index (χ2n) is 7.18. The van der Waals surface area contributed by atoms with Gasteiger partial charge in [-0.2, -0.15) is 5.10 Å². The van der Waals surface area contributed by atoms with Gasteiger partial charge < -0.3 is 10.6 Å². The highest BCUT2D eigenvalue weighted by atomic mass is 19.1. The number of hydrogen-bond donors (Lipinski definition) is 2. The molecule has 3 rings (SSSR count). The minimum atomic E-state index is -0.594. The van der Waals surface area contributed by atoms with Gasteiger partial charge in [-0.05, 0) is 43.7 Å². The fraction of sp³-hybridized carbons (Fsp3) is 0.217. The molecule has 0 radical (unpaired) electrons. The zero-order valence-electron chi connectivity index (χ0n) is 17.5. The molecule has 0 saturated heterocycles. The molecule has 2 aromatic carbocycles. The molecule has 0 aliphatic rings. The highest BCUT2D eigenvalue weighted by Gasteiger charge is 2.15. The van der Waals surface area contributed by atoms with Gasteiger partial charge in [0.1, 0.15) is 18.0 Å². The van der Waals surface area contributed by atoms with Gasteiger partial charge in [0, 0.05) is 17.7 Å². The SMILES string of the molecule is CCC(=O)Nc1cc(-c2ccc(C)cc2)nn(CC(=O)Nc2ccc(F)cc2C)c1=O. The minimum Gasteiger partial charge on any atom is -0.324 e. The maximum absolute atomic E-state index is 13.3. The Hall–Kier alpha value is -3.81. The molecule has 2 amide bonds. The van der Waals surface area contributed by atoms with Gasteiger partial charge in [-0.15, -0.1) is 0 Å². The normalized spacial score (nSPS) is 10.6. The molecule has 0 spiro atoms. The molecule has 31 heavy (non-hydrogen) atoms. The number of hydrogen-bond acceptors (Lipinski definition) is 4. The van der Waals surface area contributed by atoms with Crippen LogP contribution in [0.5, 0.6) is 0 Å². The van der Waals surface area contributed by atoms with Crippen LogP contribution in [0.25, 0.3) is 11.3 Å². The van der Waals surface area contributed by atoms with Crippen LogP contribution in [0.15, 0.2) is 53.3 Å². The molecule has 2 N–H and O–H groups in total. The molecule has 7 nitrogen and oxygen atoms in total. The predicted molar refractivity (Wildman–Crippen MR) is 117 cm³/mol. The van der Waals surface area contributed by atoms with E-state index in [1.807, 2.05) is 31.2 Å². The van der Waals surface area contributed by atoms with Crippen LogP contribution in [-0.2, 0) is 16.1 Å². The van der Waals surface area contributed by atoms with E-state index in [0.717, 1.165) is 15.8 Å². The van der Waals surface area contributed by atoms with Crippen molar-refractivity contribution in [2.75, 3.05) is 10.6 Å². The molecule has 0 saturated carbocycles. The highest BCUT2D eigenvalue weighted by Crippen LogP contribution is 2.19. The zero-order valence-corrected chi connectivity index (χ0v) is 17.5. The third kappa shape index (κ3) is 5.42. The maximum Gasteiger partial charge on any atom is 0.291 e. The first-order chi connectivity index (χ1) is 14.8. The molecular formula is C23H23FN4O3. The van der Waals surface area contributed by atoms with Crippen LogP contribution >= 0.6 is 0 Å². The number of amides is 2. The Labute approximate surface area is 178 Å². The van der Waals surface area contributed by atoms with Crippen molar-refractivity contribution < 1.29 is 14.0 Å². The standard InChI is InChI=1S/C23H23FN4O3/c1-4-21(29)26-20-12-19(16-7-5-14(2)6-8-16)27-28(23(20)31)13-22(30)25-18-10-9-17(24)11-15(18)3/h5-12H,4,13H2,1-3H3,(H,25,30)(H,26,29). The summed E-state index contributed by atoms with van der Waals surface area (Å²) in [6.45, 7) is 4.92. The lowest BCUT2D eigenvalue weighted by molar-refractivity contribution is -0.117. The second-order valence-corrected chi connectivity index (χ2v) is 7.18. The first-order valence-corrected chi connectivity index (χ1v) is 9.82. The summed E-state index contributed by atoms with van der Waals surface area (Å²) in [5, 5.41) is 9.55. The second kappa shape index (κ2) is 9.34. The van der Waals surface area contributed by atoms with Crippen LogP contribution in [0, 0.1) is 19.7 Å². The van der Waals surface area contributed by atoms with Gasteiger partial charge in [0.15, 0.2) is 0 Å². The summed E-state index contributed by atoms with van der Waals surface area (Å²) in [4.78, 5) is 37.3. The summed E-state index contributed by atoms with van der Waals surface area (Å²) in [6.07, 6.45) is 0.200. The molecule has 0 aliphatic carbocycles. The molecule has 3 aromatic rings. The molecule has 0 fully saturated rings. The number of halogens is 1. The van der Waals surface area contributed by atoms with Crippen molar-refractivity contribution >= 4 is 23.2 Å². The molecule has 0 atom stereocenters. The van der Waals surface area contributed by atoms with E-state index in [1.165, 1.54) is 24.3 Å². The predicted octanol–water partition coefficient (Wildman–Crippen LogP) is 3.65. The molecule has 0 bridgehead atoms. The first-order valence-electron chi connectivity index (χ1n) is 9.82. The molecule has 8 heteroatoms. The summed E-state index contributed by atoms with van der Waals surface area (Å²) in [7, 11) is 0. The molecule has 1 aromatic heterocycles. The van der Waals surface area contributed by atoms with Crippen molar-refractivity contribution in [1.82, 2.24) is 9.78 Å². The van der Waals surface area contributed by atoms with Gasteiger partial charge >= 0.3 is 0 Å². The van der Waals surface area contributed by atoms with E-state index in [0.29, 0.717) is 16.9 Å². The van der Waals surface area contributed by atoms with E-state index < -0.39 is 17.3 Å². The Morgan fingerprint density at radius 1 is 0.968 bits per heavy atom. The van der Waals surface area contributed by atoms with Gasteiger partial charge in [-0.1, -0.05) is 36.8 Å². The summed E-state index contributed by atoms with van der Waals surface area (Å²) in [6, 6.07) is 13.0. The average molecular weight is 422 g/mol. The monoisotopic (exact) mass is 422 g/mol. The third-order valence-electron chi connectivity index (χ3n) is 4.67. The summed E-state index contributed by atoms with van der Waals surface area (Å²) < 4.78 is 14.3. The fourth-order valence-electron chi connectivity index (χ4n) is 2.94. The Kier molecular flexibility index (Phi) is 6.59. The van der Waals surface area contributed by atoms with Gasteiger partial charge in [-0.3, -0.25) is 14.4 Å². The largest absolute Gasteiger partial charge is 0.324 e. The van der Waals surface area contributed by atoms with Crippen molar-refractivity contribution in [3.05, 3.63) is 75.8 Å². The minimum absolute atomic E-state index is 0.0446. The lowest BCUT2D eigenvalue weighted by Crippen LogP contribution is -2.32. The zero-order chi connectivity index (χ0) is 22.5. The van der Waals surface area contributed by atoms with E-state index in [4.69, 9.17) is 0 Å². The van der Waals surface area contributed by atoms with E-state index in [1.54, 1.807) is 13.8 Å². The van der Waals surface area contributed by atoms with Crippen molar-refractivity contribution in [2.45, 2.75) is 33.7 Å². The smallest absolute Gasteiger partial charge is 0.291 e. The van der Waals surface area contributed by atoms with E-state index in [-0.39, 0.29) is 24.6 Å². The molecule has 0 unspecified atom stereocenters. The van der Waals surface area contributed by atoms with Crippen LogP contribution < -0.4 is 16.2 Å². The Morgan fingerprint density at radius 2 is 1.65 bits per heavy atom. The summed E-state index contributed by atoms with van der Waals surface area (Å²) in [5.74, 6) is -1.23. The summed E-state index contributed by atoms with van der Waals surface area (Å²) in [5.41, 5.74) is 2.68. The number of aromatic nitrogens is 2. The molecule has 1 heterocycles. The van der Waals surface area contributed by atoms with E-state index in [9.17, 15) is 18.8 Å². The molecule has 160 valence electrons. The van der Waals surface area contributed by atoms with Crippen LogP contribution in [0.1, 0.15) is 24.5 Å². The number of nitrogens with one attached hydrogen (secondary N) is 2. The van der Waals surface area contributed by atoms with Crippen molar-refractivity contribution in [3.63, 3.8) is 0 Å². The molecule has 0 aliphatic heterocycles. The average Bonchev–Trinajstić information content (AvgIpc) is 2.73. The van der Waals surface area contributed by atoms with Gasteiger partial charge in [-0.25, -0.2) is 9.07 Å². The van der Waals surface area contributed by atoms with Crippen molar-refractivity contribution in [1.29, 1.82) is 0 Å². The van der Waals surface area contributed by atoms with Gasteiger partial charge in [0.2, 0.25) is 11.8 Å². The van der Waals surface area contributed by atoms with Gasteiger partial charge in [0.05, 0.1) is 5.69 Å². The lowest BCUT2D eigenvalue weighted by Gasteiger charge is -2.13. The number of carbonyl (C=O) groups excluding carboxylic acids is 2. The number of aryl methyl sites for hydroxylation is 2.